The number of carbonyl (C=O) groups excluding carboxylic acids is 1. The van der Waals surface area contributed by atoms with Gasteiger partial charge in [0.25, 0.3) is 0 Å². The van der Waals surface area contributed by atoms with Crippen molar-refractivity contribution in [1.82, 2.24) is 19.7 Å². The Morgan fingerprint density at radius 2 is 1.65 bits per heavy atom. The van der Waals surface area contributed by atoms with Crippen LogP contribution in [0.1, 0.15) is 18.4 Å². The van der Waals surface area contributed by atoms with E-state index >= 15 is 0 Å². The van der Waals surface area contributed by atoms with Crippen molar-refractivity contribution in [3.8, 4) is 11.4 Å². The van der Waals surface area contributed by atoms with E-state index in [-0.39, 0.29) is 11.7 Å². The van der Waals surface area contributed by atoms with Gasteiger partial charge in [-0.1, -0.05) is 42.1 Å². The normalized spacial score (nSPS) is 13.2. The van der Waals surface area contributed by atoms with Crippen LogP contribution in [-0.2, 0) is 11.3 Å². The van der Waals surface area contributed by atoms with E-state index in [2.05, 4.69) is 49.7 Å². The summed E-state index contributed by atoms with van der Waals surface area (Å²) in [7, 11) is 0. The quantitative estimate of drug-likeness (QED) is 0.376. The van der Waals surface area contributed by atoms with Crippen LogP contribution in [0, 0.1) is 0 Å². The summed E-state index contributed by atoms with van der Waals surface area (Å²) in [6.07, 6.45) is 5.97. The van der Waals surface area contributed by atoms with Crippen molar-refractivity contribution in [1.29, 1.82) is 0 Å². The Balaban J connectivity index is 1.27. The number of rotatable bonds is 8. The van der Waals surface area contributed by atoms with Gasteiger partial charge >= 0.3 is 0 Å². The van der Waals surface area contributed by atoms with Gasteiger partial charge in [0.15, 0.2) is 11.0 Å². The second-order valence-corrected chi connectivity index (χ2v) is 9.13. The summed E-state index contributed by atoms with van der Waals surface area (Å²) in [6.45, 7) is 2.83. The maximum atomic E-state index is 12.7. The fraction of sp³-hybridized carbons (Fsp3) is 0.231. The standard InChI is InChI=1S/C26H26N6OS/c33-24(28-22-8-10-23(11-9-22)31-16-4-5-17-31)19-34-26-30-29-25(21-12-14-27-15-13-21)32(26)18-20-6-2-1-3-7-20/h1-3,6-15H,4-5,16-19H2,(H,28,33). The fourth-order valence-electron chi connectivity index (χ4n) is 4.08. The predicted molar refractivity (Wildman–Crippen MR) is 136 cm³/mol. The third-order valence-electron chi connectivity index (χ3n) is 5.79. The molecule has 4 aromatic rings. The second kappa shape index (κ2) is 10.5. The highest BCUT2D eigenvalue weighted by Crippen LogP contribution is 2.26. The lowest BCUT2D eigenvalue weighted by Crippen LogP contribution is -2.18. The summed E-state index contributed by atoms with van der Waals surface area (Å²) in [6, 6.07) is 22.1. The fourth-order valence-corrected chi connectivity index (χ4v) is 4.81. The highest BCUT2D eigenvalue weighted by atomic mass is 32.2. The Kier molecular flexibility index (Phi) is 6.86. The van der Waals surface area contributed by atoms with Crippen LogP contribution >= 0.6 is 11.8 Å². The molecule has 1 saturated heterocycles. The van der Waals surface area contributed by atoms with E-state index in [1.54, 1.807) is 12.4 Å². The minimum Gasteiger partial charge on any atom is -0.372 e. The molecule has 2 aromatic heterocycles. The Hall–Kier alpha value is -3.65. The van der Waals surface area contributed by atoms with Gasteiger partial charge in [-0.15, -0.1) is 10.2 Å². The third kappa shape index (κ3) is 5.28. The average molecular weight is 471 g/mol. The maximum absolute atomic E-state index is 12.7. The zero-order chi connectivity index (χ0) is 23.2. The molecule has 0 aliphatic carbocycles. The van der Waals surface area contributed by atoms with Crippen molar-refractivity contribution in [3.63, 3.8) is 0 Å². The monoisotopic (exact) mass is 470 g/mol. The molecule has 1 aliphatic rings. The molecule has 0 saturated carbocycles. The zero-order valence-corrected chi connectivity index (χ0v) is 19.6. The number of hydrogen-bond donors (Lipinski definition) is 1. The van der Waals surface area contributed by atoms with E-state index in [1.807, 2.05) is 47.0 Å². The summed E-state index contributed by atoms with van der Waals surface area (Å²) in [5.74, 6) is 0.933. The molecule has 5 rings (SSSR count). The first kappa shape index (κ1) is 22.2. The smallest absolute Gasteiger partial charge is 0.234 e. The van der Waals surface area contributed by atoms with Crippen LogP contribution < -0.4 is 10.2 Å². The molecular formula is C26H26N6OS. The molecule has 1 N–H and O–H groups in total. The summed E-state index contributed by atoms with van der Waals surface area (Å²) in [5, 5.41) is 12.5. The molecule has 2 aromatic carbocycles. The molecule has 172 valence electrons. The number of anilines is 2. The SMILES string of the molecule is O=C(CSc1nnc(-c2ccncc2)n1Cc1ccccc1)Nc1ccc(N2CCCC2)cc1. The van der Waals surface area contributed by atoms with Crippen LogP contribution in [0.3, 0.4) is 0 Å². The van der Waals surface area contributed by atoms with Crippen LogP contribution in [0.25, 0.3) is 11.4 Å². The van der Waals surface area contributed by atoms with Gasteiger partial charge in [-0.25, -0.2) is 0 Å². The molecule has 0 atom stereocenters. The van der Waals surface area contributed by atoms with Gasteiger partial charge < -0.3 is 10.2 Å². The highest BCUT2D eigenvalue weighted by molar-refractivity contribution is 7.99. The van der Waals surface area contributed by atoms with E-state index in [0.717, 1.165) is 35.7 Å². The number of benzene rings is 2. The first-order valence-corrected chi connectivity index (χ1v) is 12.4. The number of carbonyl (C=O) groups is 1. The number of nitrogens with one attached hydrogen (secondary N) is 1. The lowest BCUT2D eigenvalue weighted by atomic mass is 10.2. The molecule has 0 radical (unpaired) electrons. The van der Waals surface area contributed by atoms with Gasteiger partial charge in [0, 0.05) is 42.4 Å². The molecule has 0 spiro atoms. The topological polar surface area (TPSA) is 75.9 Å². The summed E-state index contributed by atoms with van der Waals surface area (Å²) in [4.78, 5) is 19.1. The van der Waals surface area contributed by atoms with Crippen molar-refractivity contribution in [2.24, 2.45) is 0 Å². The Morgan fingerprint density at radius 3 is 2.38 bits per heavy atom. The summed E-state index contributed by atoms with van der Waals surface area (Å²) < 4.78 is 2.05. The van der Waals surface area contributed by atoms with Gasteiger partial charge in [-0.2, -0.15) is 0 Å². The van der Waals surface area contributed by atoms with Crippen molar-refractivity contribution >= 4 is 29.0 Å². The summed E-state index contributed by atoms with van der Waals surface area (Å²) in [5.41, 5.74) is 4.09. The number of hydrogen-bond acceptors (Lipinski definition) is 6. The molecule has 1 fully saturated rings. The number of thioether (sulfide) groups is 1. The molecule has 0 bridgehead atoms. The van der Waals surface area contributed by atoms with E-state index < -0.39 is 0 Å². The Morgan fingerprint density at radius 1 is 0.912 bits per heavy atom. The van der Waals surface area contributed by atoms with E-state index in [0.29, 0.717) is 11.7 Å². The first-order chi connectivity index (χ1) is 16.8. The highest BCUT2D eigenvalue weighted by Gasteiger charge is 2.17. The third-order valence-corrected chi connectivity index (χ3v) is 6.76. The molecule has 3 heterocycles. The van der Waals surface area contributed by atoms with Gasteiger partial charge in [0.05, 0.1) is 12.3 Å². The Labute approximate surface area is 203 Å². The van der Waals surface area contributed by atoms with Crippen molar-refractivity contribution in [3.05, 3.63) is 84.7 Å². The maximum Gasteiger partial charge on any atom is 0.234 e. The number of aromatic nitrogens is 4. The lowest BCUT2D eigenvalue weighted by molar-refractivity contribution is -0.113. The van der Waals surface area contributed by atoms with Crippen molar-refractivity contribution in [2.75, 3.05) is 29.1 Å². The average Bonchev–Trinajstić information content (AvgIpc) is 3.55. The minimum absolute atomic E-state index is 0.0707. The first-order valence-electron chi connectivity index (χ1n) is 11.4. The predicted octanol–water partition coefficient (Wildman–Crippen LogP) is 4.72. The second-order valence-electron chi connectivity index (χ2n) is 8.19. The van der Waals surface area contributed by atoms with Crippen LogP contribution in [0.4, 0.5) is 11.4 Å². The zero-order valence-electron chi connectivity index (χ0n) is 18.8. The van der Waals surface area contributed by atoms with E-state index in [9.17, 15) is 4.79 Å². The minimum atomic E-state index is -0.0707. The van der Waals surface area contributed by atoms with Gasteiger partial charge in [-0.3, -0.25) is 14.3 Å². The van der Waals surface area contributed by atoms with Crippen LogP contribution in [0.5, 0.6) is 0 Å². The van der Waals surface area contributed by atoms with Crippen molar-refractivity contribution < 1.29 is 4.79 Å². The van der Waals surface area contributed by atoms with Crippen LogP contribution in [-0.4, -0.2) is 44.5 Å². The van der Waals surface area contributed by atoms with Gasteiger partial charge in [0.2, 0.25) is 5.91 Å². The number of pyridine rings is 1. The molecule has 1 amide bonds. The molecule has 7 nitrogen and oxygen atoms in total. The number of amides is 1. The van der Waals surface area contributed by atoms with E-state index in [1.165, 1.54) is 30.3 Å². The van der Waals surface area contributed by atoms with E-state index in [4.69, 9.17) is 0 Å². The lowest BCUT2D eigenvalue weighted by Gasteiger charge is -2.17. The largest absolute Gasteiger partial charge is 0.372 e. The molecule has 1 aliphatic heterocycles. The Bertz CT molecular complexity index is 1220. The molecule has 34 heavy (non-hydrogen) atoms. The molecule has 0 unspecified atom stereocenters. The van der Waals surface area contributed by atoms with Crippen LogP contribution in [0.2, 0.25) is 0 Å². The molecule has 8 heteroatoms. The van der Waals surface area contributed by atoms with Gasteiger partial charge in [0.1, 0.15) is 0 Å². The van der Waals surface area contributed by atoms with Crippen molar-refractivity contribution in [2.45, 2.75) is 24.5 Å². The van der Waals surface area contributed by atoms with Gasteiger partial charge in [-0.05, 0) is 54.8 Å². The summed E-state index contributed by atoms with van der Waals surface area (Å²) >= 11 is 1.39. The molecular weight excluding hydrogens is 444 g/mol. The van der Waals surface area contributed by atoms with Crippen LogP contribution in [0.15, 0.2) is 84.3 Å². The number of nitrogens with zero attached hydrogens (tertiary/aromatic N) is 5.